The van der Waals surface area contributed by atoms with Crippen LogP contribution >= 0.6 is 0 Å². The van der Waals surface area contributed by atoms with Gasteiger partial charge in [0.25, 0.3) is 0 Å². The maximum absolute atomic E-state index is 13.0. The number of carbonyl (C=O) groups excluding carboxylic acids is 2. The number of nitrogens with one attached hydrogen (secondary N) is 1. The highest BCUT2D eigenvalue weighted by atomic mass is 16.5. The maximum Gasteiger partial charge on any atom is 0.336 e. The molecule has 1 aliphatic heterocycles. The molecule has 0 saturated carbocycles. The molecule has 8 nitrogen and oxygen atoms in total. The molecule has 180 valence electrons. The number of esters is 2. The highest BCUT2D eigenvalue weighted by Crippen LogP contribution is 2.43. The predicted octanol–water partition coefficient (Wildman–Crippen LogP) is 4.13. The number of methoxy groups -OCH3 is 3. The number of carbonyl (C=O) groups is 2. The van der Waals surface area contributed by atoms with Gasteiger partial charge in [0.15, 0.2) is 0 Å². The summed E-state index contributed by atoms with van der Waals surface area (Å²) in [6, 6.07) is 17.1. The van der Waals surface area contributed by atoms with Crippen molar-refractivity contribution in [1.29, 1.82) is 0 Å². The first-order valence-corrected chi connectivity index (χ1v) is 11.0. The number of nitrogens with zero attached hydrogens (tertiary/aromatic N) is 2. The average molecular weight is 474 g/mol. The van der Waals surface area contributed by atoms with E-state index in [9.17, 15) is 9.59 Å². The molecule has 1 aromatic heterocycles. The minimum atomic E-state index is -0.769. The van der Waals surface area contributed by atoms with Crippen LogP contribution in [-0.4, -0.2) is 43.0 Å². The Hall–Kier alpha value is -4.33. The molecule has 4 rings (SSSR count). The van der Waals surface area contributed by atoms with Crippen LogP contribution in [-0.2, 0) is 19.1 Å². The van der Waals surface area contributed by atoms with Crippen molar-refractivity contribution in [2.24, 2.45) is 0 Å². The summed E-state index contributed by atoms with van der Waals surface area (Å²) in [5.74, 6) is -1.20. The molecule has 0 aliphatic carbocycles. The first-order valence-electron chi connectivity index (χ1n) is 11.0. The SMILES string of the molecule is COC(=O)C1=C(C)NC(C)=C(C(=O)OC)C1c1cn(-c2ccccc2)nc1-c1cccc(OC)c1. The first-order chi connectivity index (χ1) is 16.9. The van der Waals surface area contributed by atoms with E-state index in [1.807, 2.05) is 60.8 Å². The van der Waals surface area contributed by atoms with Gasteiger partial charge in [-0.2, -0.15) is 5.10 Å². The van der Waals surface area contributed by atoms with E-state index in [0.717, 1.165) is 11.3 Å². The molecule has 2 heterocycles. The van der Waals surface area contributed by atoms with Gasteiger partial charge in [0.1, 0.15) is 5.75 Å². The summed E-state index contributed by atoms with van der Waals surface area (Å²) >= 11 is 0. The van der Waals surface area contributed by atoms with E-state index in [1.165, 1.54) is 14.2 Å². The number of para-hydroxylation sites is 1. The third kappa shape index (κ3) is 4.42. The molecule has 35 heavy (non-hydrogen) atoms. The largest absolute Gasteiger partial charge is 0.497 e. The molecular weight excluding hydrogens is 446 g/mol. The molecule has 0 saturated heterocycles. The standard InChI is InChI=1S/C27H27N3O5/c1-16-22(26(31)34-4)24(23(17(2)28-16)27(32)35-5)21-15-30(19-11-7-6-8-12-19)29-25(21)18-10-9-13-20(14-18)33-3/h6-15,24,28H,1-5H3. The number of hydrogen-bond acceptors (Lipinski definition) is 7. The zero-order valence-corrected chi connectivity index (χ0v) is 20.3. The van der Waals surface area contributed by atoms with Crippen LogP contribution in [0.1, 0.15) is 25.3 Å². The second-order valence-corrected chi connectivity index (χ2v) is 8.06. The molecule has 3 aromatic rings. The summed E-state index contributed by atoms with van der Waals surface area (Å²) in [5, 5.41) is 8.02. The van der Waals surface area contributed by atoms with Gasteiger partial charge in [-0.05, 0) is 38.1 Å². The molecular formula is C27H27N3O5. The predicted molar refractivity (Wildman–Crippen MR) is 131 cm³/mol. The van der Waals surface area contributed by atoms with Gasteiger partial charge < -0.3 is 19.5 Å². The number of rotatable bonds is 6. The van der Waals surface area contributed by atoms with E-state index in [-0.39, 0.29) is 0 Å². The third-order valence-electron chi connectivity index (χ3n) is 5.99. The molecule has 2 aromatic carbocycles. The highest BCUT2D eigenvalue weighted by molar-refractivity contribution is 6.00. The number of hydrogen-bond donors (Lipinski definition) is 1. The molecule has 0 bridgehead atoms. The normalized spacial score (nSPS) is 14.0. The van der Waals surface area contributed by atoms with Crippen LogP contribution in [0.2, 0.25) is 0 Å². The van der Waals surface area contributed by atoms with Crippen molar-refractivity contribution in [3.8, 4) is 22.7 Å². The summed E-state index contributed by atoms with van der Waals surface area (Å²) in [4.78, 5) is 26.0. The zero-order chi connectivity index (χ0) is 25.1. The van der Waals surface area contributed by atoms with E-state index in [1.54, 1.807) is 25.6 Å². The van der Waals surface area contributed by atoms with Crippen molar-refractivity contribution < 1.29 is 23.8 Å². The Kier molecular flexibility index (Phi) is 6.73. The molecule has 1 N–H and O–H groups in total. The van der Waals surface area contributed by atoms with Crippen LogP contribution in [0.15, 0.2) is 83.3 Å². The molecule has 0 unspecified atom stereocenters. The lowest BCUT2D eigenvalue weighted by Crippen LogP contribution is -2.32. The fraction of sp³-hybridized carbons (Fsp3) is 0.222. The van der Waals surface area contributed by atoms with Crippen LogP contribution in [0, 0.1) is 0 Å². The average Bonchev–Trinajstić information content (AvgIpc) is 3.33. The Bertz CT molecular complexity index is 1300. The Balaban J connectivity index is 2.04. The van der Waals surface area contributed by atoms with Crippen LogP contribution in [0.25, 0.3) is 16.9 Å². The Labute approximate surface area is 203 Å². The second-order valence-electron chi connectivity index (χ2n) is 8.06. The maximum atomic E-state index is 13.0. The molecule has 0 fully saturated rings. The van der Waals surface area contributed by atoms with Crippen molar-refractivity contribution in [2.45, 2.75) is 19.8 Å². The van der Waals surface area contributed by atoms with Crippen molar-refractivity contribution in [3.05, 3.63) is 88.9 Å². The quantitative estimate of drug-likeness (QED) is 0.538. The Morgan fingerprint density at radius 3 is 2.09 bits per heavy atom. The van der Waals surface area contributed by atoms with Crippen LogP contribution in [0.5, 0.6) is 5.75 Å². The number of allylic oxidation sites excluding steroid dienone is 2. The number of aromatic nitrogens is 2. The molecule has 8 heteroatoms. The summed E-state index contributed by atoms with van der Waals surface area (Å²) in [6.45, 7) is 3.56. The summed E-state index contributed by atoms with van der Waals surface area (Å²) in [6.07, 6.45) is 1.84. The van der Waals surface area contributed by atoms with Gasteiger partial charge in [-0.1, -0.05) is 30.3 Å². The first kappa shape index (κ1) is 23.8. The monoisotopic (exact) mass is 473 g/mol. The van der Waals surface area contributed by atoms with E-state index in [2.05, 4.69) is 5.32 Å². The van der Waals surface area contributed by atoms with Crippen LogP contribution in [0.4, 0.5) is 0 Å². The third-order valence-corrected chi connectivity index (χ3v) is 5.99. The topological polar surface area (TPSA) is 91.7 Å². The molecule has 0 amide bonds. The second kappa shape index (κ2) is 9.89. The summed E-state index contributed by atoms with van der Waals surface area (Å²) in [7, 11) is 4.23. The number of benzene rings is 2. The van der Waals surface area contributed by atoms with Crippen molar-refractivity contribution >= 4 is 11.9 Å². The Morgan fingerprint density at radius 2 is 1.51 bits per heavy atom. The van der Waals surface area contributed by atoms with Gasteiger partial charge in [0.05, 0.1) is 49.8 Å². The van der Waals surface area contributed by atoms with Crippen molar-refractivity contribution in [3.63, 3.8) is 0 Å². The van der Waals surface area contributed by atoms with Gasteiger partial charge in [-0.25, -0.2) is 14.3 Å². The number of dihydropyridines is 1. The fourth-order valence-electron chi connectivity index (χ4n) is 4.37. The van der Waals surface area contributed by atoms with E-state index < -0.39 is 17.9 Å². The fourth-order valence-corrected chi connectivity index (χ4v) is 4.37. The van der Waals surface area contributed by atoms with Crippen LogP contribution < -0.4 is 10.1 Å². The minimum Gasteiger partial charge on any atom is -0.497 e. The van der Waals surface area contributed by atoms with Crippen molar-refractivity contribution in [2.75, 3.05) is 21.3 Å². The van der Waals surface area contributed by atoms with Crippen LogP contribution in [0.3, 0.4) is 0 Å². The summed E-state index contributed by atoms with van der Waals surface area (Å²) < 4.78 is 17.4. The molecule has 0 spiro atoms. The smallest absolute Gasteiger partial charge is 0.336 e. The van der Waals surface area contributed by atoms with Gasteiger partial charge in [0, 0.05) is 28.7 Å². The lowest BCUT2D eigenvalue weighted by Gasteiger charge is -2.29. The minimum absolute atomic E-state index is 0.315. The van der Waals surface area contributed by atoms with Crippen molar-refractivity contribution in [1.82, 2.24) is 15.1 Å². The molecule has 0 radical (unpaired) electrons. The molecule has 0 atom stereocenters. The lowest BCUT2D eigenvalue weighted by atomic mass is 9.79. The van der Waals surface area contributed by atoms with E-state index in [4.69, 9.17) is 19.3 Å². The number of ether oxygens (including phenoxy) is 3. The van der Waals surface area contributed by atoms with Gasteiger partial charge in [0.2, 0.25) is 0 Å². The van der Waals surface area contributed by atoms with Gasteiger partial charge in [-0.15, -0.1) is 0 Å². The summed E-state index contributed by atoms with van der Waals surface area (Å²) in [5.41, 5.74) is 4.68. The molecule has 1 aliphatic rings. The van der Waals surface area contributed by atoms with Gasteiger partial charge >= 0.3 is 11.9 Å². The Morgan fingerprint density at radius 1 is 0.886 bits per heavy atom. The van der Waals surface area contributed by atoms with Gasteiger partial charge in [-0.3, -0.25) is 0 Å². The highest BCUT2D eigenvalue weighted by Gasteiger charge is 2.40. The van der Waals surface area contributed by atoms with E-state index >= 15 is 0 Å². The van der Waals surface area contributed by atoms with E-state index in [0.29, 0.717) is 39.5 Å². The lowest BCUT2D eigenvalue weighted by molar-refractivity contribution is -0.137. The zero-order valence-electron chi connectivity index (χ0n) is 20.3.